The van der Waals surface area contributed by atoms with Crippen molar-refractivity contribution in [3.63, 3.8) is 0 Å². The molecule has 6 aromatic rings. The van der Waals surface area contributed by atoms with Crippen LogP contribution in [-0.2, 0) is 40.8 Å². The molecule has 0 bridgehead atoms. The lowest BCUT2D eigenvalue weighted by molar-refractivity contribution is -0.138. The van der Waals surface area contributed by atoms with Crippen LogP contribution in [0.4, 0.5) is 26.3 Å². The Labute approximate surface area is 329 Å². The number of ether oxygens (including phenoxy) is 3. The molecule has 0 fully saturated rings. The zero-order chi connectivity index (χ0) is 40.8. The number of benzene rings is 6. The molecule has 6 aromatic carbocycles. The molecule has 2 unspecified atom stereocenters. The summed E-state index contributed by atoms with van der Waals surface area (Å²) in [5, 5.41) is 0. The zero-order valence-electron chi connectivity index (χ0n) is 32.1. The van der Waals surface area contributed by atoms with Gasteiger partial charge in [0.15, 0.2) is 0 Å². The van der Waals surface area contributed by atoms with E-state index in [1.807, 2.05) is 137 Å². The molecule has 0 saturated heterocycles. The third-order valence-corrected chi connectivity index (χ3v) is 10.4. The highest BCUT2D eigenvalue weighted by atomic mass is 19.4. The van der Waals surface area contributed by atoms with Crippen molar-refractivity contribution in [1.82, 2.24) is 0 Å². The molecule has 57 heavy (non-hydrogen) atoms. The van der Waals surface area contributed by atoms with Gasteiger partial charge >= 0.3 is 12.4 Å². The maximum Gasteiger partial charge on any atom is 0.416 e. The Kier molecular flexibility index (Phi) is 12.2. The maximum absolute atomic E-state index is 13.7. The molecule has 0 aliphatic carbocycles. The van der Waals surface area contributed by atoms with Gasteiger partial charge in [0, 0.05) is 10.8 Å². The van der Waals surface area contributed by atoms with Crippen molar-refractivity contribution < 1.29 is 40.6 Å². The second-order valence-electron chi connectivity index (χ2n) is 15.2. The van der Waals surface area contributed by atoms with Crippen LogP contribution in [0.25, 0.3) is 0 Å². The summed E-state index contributed by atoms with van der Waals surface area (Å²) in [5.41, 5.74) is -0.285. The molecule has 0 amide bonds. The van der Waals surface area contributed by atoms with Gasteiger partial charge in [-0.15, -0.1) is 0 Å². The van der Waals surface area contributed by atoms with E-state index in [1.54, 1.807) is 0 Å². The van der Waals surface area contributed by atoms with Crippen LogP contribution in [0.15, 0.2) is 158 Å². The molecule has 0 N–H and O–H groups in total. The van der Waals surface area contributed by atoms with Crippen molar-refractivity contribution in [1.29, 1.82) is 0 Å². The Bertz CT molecular complexity index is 2040. The molecule has 0 aliphatic heterocycles. The number of halogens is 6. The first kappa shape index (κ1) is 41.1. The van der Waals surface area contributed by atoms with Crippen LogP contribution >= 0.6 is 0 Å². The monoisotopic (exact) mass is 782 g/mol. The lowest BCUT2D eigenvalue weighted by Crippen LogP contribution is -2.46. The molecular weight excluding hydrogens is 739 g/mol. The number of para-hydroxylation sites is 2. The number of alkyl halides is 6. The van der Waals surface area contributed by atoms with Gasteiger partial charge in [-0.25, -0.2) is 0 Å². The highest BCUT2D eigenvalue weighted by molar-refractivity contribution is 5.38. The van der Waals surface area contributed by atoms with Gasteiger partial charge in [-0.05, 0) is 108 Å². The first-order chi connectivity index (χ1) is 27.0. The van der Waals surface area contributed by atoms with E-state index in [0.29, 0.717) is 47.0 Å². The van der Waals surface area contributed by atoms with Crippen LogP contribution in [0.5, 0.6) is 23.0 Å². The Morgan fingerprint density at radius 1 is 0.386 bits per heavy atom. The van der Waals surface area contributed by atoms with E-state index in [2.05, 4.69) is 0 Å². The minimum Gasteiger partial charge on any atom is -0.457 e. The van der Waals surface area contributed by atoms with E-state index in [0.717, 1.165) is 35.4 Å². The van der Waals surface area contributed by atoms with Crippen LogP contribution in [0.1, 0.15) is 61.1 Å². The molecule has 0 heterocycles. The molecule has 3 nitrogen and oxygen atoms in total. The lowest BCUT2D eigenvalue weighted by Gasteiger charge is -2.43. The second kappa shape index (κ2) is 16.9. The summed E-state index contributed by atoms with van der Waals surface area (Å²) in [5.74, 6) is 2.51. The summed E-state index contributed by atoms with van der Waals surface area (Å²) in [6.45, 7) is 7.73. The molecule has 6 rings (SSSR count). The van der Waals surface area contributed by atoms with Crippen molar-refractivity contribution in [2.24, 2.45) is 0 Å². The van der Waals surface area contributed by atoms with Crippen LogP contribution < -0.4 is 9.47 Å². The third-order valence-electron chi connectivity index (χ3n) is 10.4. The van der Waals surface area contributed by atoms with Gasteiger partial charge in [-0.2, -0.15) is 26.3 Å². The number of rotatable bonds is 14. The normalized spacial score (nSPS) is 13.5. The Hall–Kier alpha value is -5.54. The molecular formula is C48H44F6O3. The first-order valence-electron chi connectivity index (χ1n) is 18.6. The van der Waals surface area contributed by atoms with Crippen LogP contribution in [-0.4, -0.2) is 12.2 Å². The molecule has 0 radical (unpaired) electrons. The molecule has 296 valence electrons. The van der Waals surface area contributed by atoms with E-state index in [-0.39, 0.29) is 0 Å². The fraction of sp³-hybridized carbons (Fsp3) is 0.250. The maximum atomic E-state index is 13.7. The van der Waals surface area contributed by atoms with Gasteiger partial charge in [0.05, 0.1) is 23.3 Å². The molecule has 0 aliphatic rings. The van der Waals surface area contributed by atoms with Gasteiger partial charge in [0.1, 0.15) is 23.0 Å². The summed E-state index contributed by atoms with van der Waals surface area (Å²) in [4.78, 5) is 0. The van der Waals surface area contributed by atoms with E-state index in [1.165, 1.54) is 24.3 Å². The lowest BCUT2D eigenvalue weighted by atomic mass is 9.74. The van der Waals surface area contributed by atoms with Crippen LogP contribution in [0, 0.1) is 0 Å². The number of hydrogen-bond donors (Lipinski definition) is 0. The standard InChI is InChI=1S/C48H44F6O3/c1-45(2,35-21-25-37(26-22-35)47(49,50)51)43(31-33-13-11-19-41(29-33)55-39-15-7-5-8-16-39)57-44(46(3,4)36-23-27-38(28-24-36)48(52,53)54)32-34-14-12-20-42(30-34)56-40-17-9-6-10-18-40/h5-30,43-44H,31-32H2,1-4H3. The minimum atomic E-state index is -4.51. The predicted octanol–water partition coefficient (Wildman–Crippen LogP) is 13.8. The third kappa shape index (κ3) is 10.5. The number of hydrogen-bond acceptors (Lipinski definition) is 3. The van der Waals surface area contributed by atoms with Gasteiger partial charge in [-0.3, -0.25) is 0 Å². The van der Waals surface area contributed by atoms with Crippen LogP contribution in [0.3, 0.4) is 0 Å². The Morgan fingerprint density at radius 2 is 0.702 bits per heavy atom. The summed E-state index contributed by atoms with van der Waals surface area (Å²) in [6, 6.07) is 44.0. The average Bonchev–Trinajstić information content (AvgIpc) is 3.18. The van der Waals surface area contributed by atoms with E-state index < -0.39 is 46.5 Å². The van der Waals surface area contributed by atoms with Crippen LogP contribution in [0.2, 0.25) is 0 Å². The summed E-state index contributed by atoms with van der Waals surface area (Å²) >= 11 is 0. The van der Waals surface area contributed by atoms with Gasteiger partial charge < -0.3 is 14.2 Å². The predicted molar refractivity (Wildman–Crippen MR) is 211 cm³/mol. The fourth-order valence-corrected chi connectivity index (χ4v) is 6.84. The molecule has 0 aromatic heterocycles. The van der Waals surface area contributed by atoms with Crippen molar-refractivity contribution in [3.05, 3.63) is 191 Å². The molecule has 0 spiro atoms. The van der Waals surface area contributed by atoms with Crippen molar-refractivity contribution in [3.8, 4) is 23.0 Å². The largest absolute Gasteiger partial charge is 0.457 e. The summed E-state index contributed by atoms with van der Waals surface area (Å²) in [6.07, 6.45) is -9.65. The average molecular weight is 783 g/mol. The van der Waals surface area contributed by atoms with Gasteiger partial charge in [0.25, 0.3) is 0 Å². The van der Waals surface area contributed by atoms with Gasteiger partial charge in [0.2, 0.25) is 0 Å². The Balaban J connectivity index is 1.41. The highest BCUT2D eigenvalue weighted by Gasteiger charge is 2.41. The second-order valence-corrected chi connectivity index (χ2v) is 15.2. The quantitative estimate of drug-likeness (QED) is 0.103. The van der Waals surface area contributed by atoms with Gasteiger partial charge in [-0.1, -0.05) is 113 Å². The molecule has 9 heteroatoms. The van der Waals surface area contributed by atoms with Crippen molar-refractivity contribution in [2.45, 2.75) is 75.9 Å². The Morgan fingerprint density at radius 3 is 1.04 bits per heavy atom. The topological polar surface area (TPSA) is 27.7 Å². The zero-order valence-corrected chi connectivity index (χ0v) is 32.1. The van der Waals surface area contributed by atoms with E-state index in [9.17, 15) is 26.3 Å². The summed E-state index contributed by atoms with van der Waals surface area (Å²) in [7, 11) is 0. The highest BCUT2D eigenvalue weighted by Crippen LogP contribution is 2.41. The van der Waals surface area contributed by atoms with E-state index >= 15 is 0 Å². The minimum absolute atomic E-state index is 0.330. The smallest absolute Gasteiger partial charge is 0.416 e. The SMILES string of the molecule is CC(C)(c1ccc(C(F)(F)F)cc1)C(Cc1cccc(Oc2ccccc2)c1)OC(Cc1cccc(Oc2ccccc2)c1)C(C)(C)c1ccc(C(F)(F)F)cc1. The molecule has 2 atom stereocenters. The fourth-order valence-electron chi connectivity index (χ4n) is 6.84. The van der Waals surface area contributed by atoms with E-state index in [4.69, 9.17) is 14.2 Å². The first-order valence-corrected chi connectivity index (χ1v) is 18.6. The molecule has 0 saturated carbocycles. The summed E-state index contributed by atoms with van der Waals surface area (Å²) < 4.78 is 102. The van der Waals surface area contributed by atoms with Crippen molar-refractivity contribution >= 4 is 0 Å². The van der Waals surface area contributed by atoms with Crippen molar-refractivity contribution in [2.75, 3.05) is 0 Å².